The maximum Gasteiger partial charge on any atom is 0.143 e. The third-order valence-corrected chi connectivity index (χ3v) is 3.50. The van der Waals surface area contributed by atoms with Gasteiger partial charge < -0.3 is 10.1 Å². The molecule has 1 fully saturated rings. The number of ether oxygens (including phenoxy) is 1. The second-order valence-corrected chi connectivity index (χ2v) is 4.77. The fraction of sp³-hybridized carbons (Fsp3) is 0.500. The Kier molecular flexibility index (Phi) is 2.24. The van der Waals surface area contributed by atoms with Crippen LogP contribution in [0.1, 0.15) is 25.7 Å². The van der Waals surface area contributed by atoms with Crippen molar-refractivity contribution in [2.24, 2.45) is 0 Å². The largest absolute Gasteiger partial charge is 0.486 e. The summed E-state index contributed by atoms with van der Waals surface area (Å²) < 4.78 is 5.97. The van der Waals surface area contributed by atoms with Crippen LogP contribution in [-0.4, -0.2) is 12.1 Å². The predicted molar refractivity (Wildman–Crippen MR) is 61.7 cm³/mol. The molecule has 1 aliphatic carbocycles. The highest BCUT2D eigenvalue weighted by Crippen LogP contribution is 2.37. The molecule has 3 rings (SSSR count). The Morgan fingerprint density at radius 3 is 3.07 bits per heavy atom. The van der Waals surface area contributed by atoms with Crippen molar-refractivity contribution in [1.82, 2.24) is 0 Å². The first-order valence-corrected chi connectivity index (χ1v) is 5.93. The lowest BCUT2D eigenvalue weighted by atomic mass is 9.91. The molecular weight excluding hydrogens is 210 g/mol. The Morgan fingerprint density at radius 2 is 2.13 bits per heavy atom. The normalized spacial score (nSPS) is 28.3. The molecule has 15 heavy (non-hydrogen) atoms. The first-order chi connectivity index (χ1) is 7.33. The van der Waals surface area contributed by atoms with Crippen LogP contribution in [0, 0.1) is 0 Å². The predicted octanol–water partition coefficient (Wildman–Crippen LogP) is 3.46. The molecule has 80 valence electrons. The van der Waals surface area contributed by atoms with E-state index in [9.17, 15) is 0 Å². The topological polar surface area (TPSA) is 21.3 Å². The van der Waals surface area contributed by atoms with Crippen molar-refractivity contribution < 1.29 is 4.74 Å². The standard InChI is InChI=1S/C12H14ClNO/c13-8-5-6-12-10(7-8)14-9-3-1-2-4-11(9)15-12/h5-7,9,11,14H,1-4H2. The molecular formula is C12H14ClNO. The highest BCUT2D eigenvalue weighted by Gasteiger charge is 2.31. The van der Waals surface area contributed by atoms with Gasteiger partial charge in [0, 0.05) is 5.02 Å². The summed E-state index contributed by atoms with van der Waals surface area (Å²) in [5, 5.41) is 4.29. The average Bonchev–Trinajstić information content (AvgIpc) is 2.26. The van der Waals surface area contributed by atoms with E-state index in [1.54, 1.807) is 0 Å². The second kappa shape index (κ2) is 3.60. The van der Waals surface area contributed by atoms with Gasteiger partial charge in [-0.3, -0.25) is 0 Å². The minimum atomic E-state index is 0.354. The summed E-state index contributed by atoms with van der Waals surface area (Å²) in [6, 6.07) is 6.26. The zero-order valence-electron chi connectivity index (χ0n) is 8.50. The van der Waals surface area contributed by atoms with Gasteiger partial charge in [-0.2, -0.15) is 0 Å². The Morgan fingerprint density at radius 1 is 1.27 bits per heavy atom. The van der Waals surface area contributed by atoms with E-state index in [4.69, 9.17) is 16.3 Å². The van der Waals surface area contributed by atoms with Gasteiger partial charge in [0.25, 0.3) is 0 Å². The van der Waals surface area contributed by atoms with E-state index in [2.05, 4.69) is 5.32 Å². The lowest BCUT2D eigenvalue weighted by molar-refractivity contribution is 0.131. The van der Waals surface area contributed by atoms with Crippen molar-refractivity contribution in [2.45, 2.75) is 37.8 Å². The molecule has 2 aliphatic rings. The molecule has 0 spiro atoms. The molecule has 1 aromatic carbocycles. The first kappa shape index (κ1) is 9.34. The summed E-state index contributed by atoms with van der Waals surface area (Å²) in [6.07, 6.45) is 5.31. The molecule has 1 saturated carbocycles. The van der Waals surface area contributed by atoms with Crippen LogP contribution < -0.4 is 10.1 Å². The maximum absolute atomic E-state index is 5.97. The van der Waals surface area contributed by atoms with Crippen LogP contribution in [0.5, 0.6) is 5.75 Å². The number of benzene rings is 1. The molecule has 2 unspecified atom stereocenters. The number of hydrogen-bond acceptors (Lipinski definition) is 2. The molecule has 3 heteroatoms. The van der Waals surface area contributed by atoms with E-state index in [1.165, 1.54) is 25.7 Å². The molecule has 1 aliphatic heterocycles. The lowest BCUT2D eigenvalue weighted by Gasteiger charge is -2.38. The van der Waals surface area contributed by atoms with Crippen LogP contribution in [0.25, 0.3) is 0 Å². The Bertz CT molecular complexity index is 380. The van der Waals surface area contributed by atoms with Crippen LogP contribution in [0.15, 0.2) is 18.2 Å². The van der Waals surface area contributed by atoms with Gasteiger partial charge in [0.1, 0.15) is 11.9 Å². The van der Waals surface area contributed by atoms with Crippen LogP contribution in [-0.2, 0) is 0 Å². The quantitative estimate of drug-likeness (QED) is 0.728. The minimum absolute atomic E-state index is 0.354. The molecule has 0 amide bonds. The Labute approximate surface area is 94.6 Å². The third-order valence-electron chi connectivity index (χ3n) is 3.26. The van der Waals surface area contributed by atoms with Gasteiger partial charge in [0.15, 0.2) is 0 Å². The number of halogens is 1. The second-order valence-electron chi connectivity index (χ2n) is 4.33. The van der Waals surface area contributed by atoms with Gasteiger partial charge >= 0.3 is 0 Å². The molecule has 1 N–H and O–H groups in total. The summed E-state index contributed by atoms with van der Waals surface area (Å²) in [6.45, 7) is 0. The Balaban J connectivity index is 1.92. The van der Waals surface area contributed by atoms with E-state index >= 15 is 0 Å². The van der Waals surface area contributed by atoms with Crippen molar-refractivity contribution in [1.29, 1.82) is 0 Å². The van der Waals surface area contributed by atoms with E-state index in [1.807, 2.05) is 18.2 Å². The molecule has 0 bridgehead atoms. The van der Waals surface area contributed by atoms with Gasteiger partial charge in [-0.15, -0.1) is 0 Å². The molecule has 0 saturated heterocycles. The summed E-state index contributed by atoms with van der Waals surface area (Å²) in [7, 11) is 0. The van der Waals surface area contributed by atoms with E-state index < -0.39 is 0 Å². The number of anilines is 1. The Hall–Kier alpha value is -0.890. The zero-order chi connectivity index (χ0) is 10.3. The number of rotatable bonds is 0. The molecule has 0 radical (unpaired) electrons. The molecule has 2 nitrogen and oxygen atoms in total. The maximum atomic E-state index is 5.97. The fourth-order valence-corrected chi connectivity index (χ4v) is 2.66. The molecule has 1 heterocycles. The van der Waals surface area contributed by atoms with Crippen molar-refractivity contribution in [3.05, 3.63) is 23.2 Å². The lowest BCUT2D eigenvalue weighted by Crippen LogP contribution is -2.43. The monoisotopic (exact) mass is 223 g/mol. The minimum Gasteiger partial charge on any atom is -0.486 e. The van der Waals surface area contributed by atoms with Crippen molar-refractivity contribution in [2.75, 3.05) is 5.32 Å². The summed E-state index contributed by atoms with van der Waals surface area (Å²) in [5.41, 5.74) is 1.05. The highest BCUT2D eigenvalue weighted by molar-refractivity contribution is 6.30. The number of hydrogen-bond donors (Lipinski definition) is 1. The van der Waals surface area contributed by atoms with E-state index in [-0.39, 0.29) is 0 Å². The highest BCUT2D eigenvalue weighted by atomic mass is 35.5. The summed E-state index contributed by atoms with van der Waals surface area (Å²) in [5.74, 6) is 0.947. The molecule has 0 aromatic heterocycles. The summed E-state index contributed by atoms with van der Waals surface area (Å²) >= 11 is 5.96. The average molecular weight is 224 g/mol. The van der Waals surface area contributed by atoms with Crippen molar-refractivity contribution in [3.63, 3.8) is 0 Å². The smallest absolute Gasteiger partial charge is 0.143 e. The van der Waals surface area contributed by atoms with E-state index in [0.717, 1.165) is 16.5 Å². The SMILES string of the molecule is Clc1ccc2c(c1)NC1CCCCC1O2. The third kappa shape index (κ3) is 1.67. The summed E-state index contributed by atoms with van der Waals surface area (Å²) in [4.78, 5) is 0. The first-order valence-electron chi connectivity index (χ1n) is 5.56. The molecule has 2 atom stereocenters. The van der Waals surface area contributed by atoms with Crippen LogP contribution in [0.2, 0.25) is 5.02 Å². The van der Waals surface area contributed by atoms with E-state index in [0.29, 0.717) is 12.1 Å². The molecule has 1 aromatic rings. The van der Waals surface area contributed by atoms with Gasteiger partial charge in [0.2, 0.25) is 0 Å². The van der Waals surface area contributed by atoms with Crippen molar-refractivity contribution >= 4 is 17.3 Å². The van der Waals surface area contributed by atoms with Gasteiger partial charge in [-0.05, 0) is 37.5 Å². The van der Waals surface area contributed by atoms with Gasteiger partial charge in [-0.25, -0.2) is 0 Å². The van der Waals surface area contributed by atoms with Gasteiger partial charge in [0.05, 0.1) is 11.7 Å². The zero-order valence-corrected chi connectivity index (χ0v) is 9.26. The number of nitrogens with one attached hydrogen (secondary N) is 1. The van der Waals surface area contributed by atoms with Crippen LogP contribution >= 0.6 is 11.6 Å². The van der Waals surface area contributed by atoms with Gasteiger partial charge in [-0.1, -0.05) is 18.0 Å². The fourth-order valence-electron chi connectivity index (χ4n) is 2.48. The van der Waals surface area contributed by atoms with Crippen LogP contribution in [0.3, 0.4) is 0 Å². The van der Waals surface area contributed by atoms with Crippen LogP contribution in [0.4, 0.5) is 5.69 Å². The number of fused-ring (bicyclic) bond motifs is 2. The van der Waals surface area contributed by atoms with Crippen molar-refractivity contribution in [3.8, 4) is 5.75 Å².